The highest BCUT2D eigenvalue weighted by Crippen LogP contribution is 2.32. The minimum Gasteiger partial charge on any atom is -0.490 e. The Kier molecular flexibility index (Phi) is 5.27. The van der Waals surface area contributed by atoms with Crippen molar-refractivity contribution in [2.75, 3.05) is 25.1 Å². The number of hydrogen-bond acceptors (Lipinski definition) is 3. The molecule has 4 nitrogen and oxygen atoms in total. The number of fused-ring (bicyclic) bond motifs is 1. The Hall–Kier alpha value is -1.49. The van der Waals surface area contributed by atoms with Gasteiger partial charge in [-0.25, -0.2) is 0 Å². The lowest BCUT2D eigenvalue weighted by Crippen LogP contribution is -2.29. The van der Waals surface area contributed by atoms with Crippen molar-refractivity contribution in [2.45, 2.75) is 26.2 Å². The van der Waals surface area contributed by atoms with Crippen LogP contribution in [0.4, 0.5) is 5.69 Å². The van der Waals surface area contributed by atoms with Crippen molar-refractivity contribution in [3.8, 4) is 11.5 Å². The van der Waals surface area contributed by atoms with Crippen LogP contribution in [0.5, 0.6) is 11.5 Å². The van der Waals surface area contributed by atoms with Crippen molar-refractivity contribution in [1.29, 1.82) is 0 Å². The summed E-state index contributed by atoms with van der Waals surface area (Å²) in [5.41, 5.74) is 0.915. The summed E-state index contributed by atoms with van der Waals surface area (Å²) in [6, 6.07) is 5.79. The molecule has 5 heteroatoms. The lowest BCUT2D eigenvalue weighted by molar-refractivity contribution is 0.297. The summed E-state index contributed by atoms with van der Waals surface area (Å²) in [6.07, 6.45) is 3.18. The summed E-state index contributed by atoms with van der Waals surface area (Å²) in [5.74, 6) is 1.58. The van der Waals surface area contributed by atoms with Crippen molar-refractivity contribution >= 4 is 23.0 Å². The van der Waals surface area contributed by atoms with Crippen molar-refractivity contribution in [3.63, 3.8) is 0 Å². The van der Waals surface area contributed by atoms with Crippen LogP contribution in [0.15, 0.2) is 18.2 Å². The standard InChI is InChI=1S/C14H20N2O2S/c1-2-3-7-15-14(19)16-11-5-6-12-13(10-11)18-9-4-8-17-12/h5-6,10H,2-4,7-9H2,1H3,(H2,15,16,19). The summed E-state index contributed by atoms with van der Waals surface area (Å²) in [4.78, 5) is 0. The Morgan fingerprint density at radius 3 is 2.84 bits per heavy atom. The van der Waals surface area contributed by atoms with Crippen molar-refractivity contribution in [1.82, 2.24) is 5.32 Å². The van der Waals surface area contributed by atoms with Crippen molar-refractivity contribution in [3.05, 3.63) is 18.2 Å². The molecule has 1 aromatic rings. The molecule has 0 radical (unpaired) electrons. The number of nitrogens with one attached hydrogen (secondary N) is 2. The molecule has 1 aliphatic heterocycles. The van der Waals surface area contributed by atoms with Crippen LogP contribution in [0.2, 0.25) is 0 Å². The van der Waals surface area contributed by atoms with Crippen LogP contribution >= 0.6 is 12.2 Å². The fourth-order valence-corrected chi connectivity index (χ4v) is 2.01. The van der Waals surface area contributed by atoms with E-state index < -0.39 is 0 Å². The molecule has 1 heterocycles. The fourth-order valence-electron chi connectivity index (χ4n) is 1.80. The van der Waals surface area contributed by atoms with Crippen LogP contribution in [-0.4, -0.2) is 24.9 Å². The predicted molar refractivity (Wildman–Crippen MR) is 81.2 cm³/mol. The lowest BCUT2D eigenvalue weighted by atomic mass is 10.3. The largest absolute Gasteiger partial charge is 0.490 e. The van der Waals surface area contributed by atoms with E-state index >= 15 is 0 Å². The normalized spacial score (nSPS) is 13.5. The predicted octanol–water partition coefficient (Wildman–Crippen LogP) is 2.93. The second-order valence-corrected chi connectivity index (χ2v) is 4.85. The smallest absolute Gasteiger partial charge is 0.170 e. The first-order valence-corrected chi connectivity index (χ1v) is 7.15. The number of thiocarbonyl (C=S) groups is 1. The van der Waals surface area contributed by atoms with Crippen LogP contribution in [-0.2, 0) is 0 Å². The van der Waals surface area contributed by atoms with E-state index in [9.17, 15) is 0 Å². The summed E-state index contributed by atoms with van der Waals surface area (Å²) in [5, 5.41) is 6.97. The molecule has 0 bridgehead atoms. The zero-order valence-corrected chi connectivity index (χ0v) is 12.0. The van der Waals surface area contributed by atoms with Gasteiger partial charge in [-0.3, -0.25) is 0 Å². The van der Waals surface area contributed by atoms with Gasteiger partial charge in [0.15, 0.2) is 16.6 Å². The van der Waals surface area contributed by atoms with Gasteiger partial charge in [0.2, 0.25) is 0 Å². The summed E-state index contributed by atoms with van der Waals surface area (Å²) < 4.78 is 11.2. The van der Waals surface area contributed by atoms with Crippen LogP contribution in [0.1, 0.15) is 26.2 Å². The van der Waals surface area contributed by atoms with Gasteiger partial charge in [-0.1, -0.05) is 13.3 Å². The molecule has 1 aromatic carbocycles. The molecule has 0 amide bonds. The van der Waals surface area contributed by atoms with Gasteiger partial charge in [-0.15, -0.1) is 0 Å². The number of benzene rings is 1. The first-order chi connectivity index (χ1) is 9.29. The average Bonchev–Trinajstić information content (AvgIpc) is 2.63. The summed E-state index contributed by atoms with van der Waals surface area (Å²) >= 11 is 5.24. The van der Waals surface area contributed by atoms with E-state index in [0.29, 0.717) is 18.3 Å². The highest BCUT2D eigenvalue weighted by molar-refractivity contribution is 7.80. The topological polar surface area (TPSA) is 42.5 Å². The van der Waals surface area contributed by atoms with Gasteiger partial charge in [0.05, 0.1) is 13.2 Å². The first kappa shape index (κ1) is 13.9. The number of unbranched alkanes of at least 4 members (excludes halogenated alkanes) is 1. The highest BCUT2D eigenvalue weighted by atomic mass is 32.1. The van der Waals surface area contributed by atoms with E-state index in [1.165, 1.54) is 0 Å². The van der Waals surface area contributed by atoms with E-state index in [0.717, 1.165) is 43.0 Å². The van der Waals surface area contributed by atoms with Gasteiger partial charge < -0.3 is 20.1 Å². The Balaban J connectivity index is 1.94. The molecule has 2 rings (SSSR count). The maximum Gasteiger partial charge on any atom is 0.170 e. The lowest BCUT2D eigenvalue weighted by Gasteiger charge is -2.12. The first-order valence-electron chi connectivity index (χ1n) is 6.74. The molecule has 2 N–H and O–H groups in total. The molecule has 0 spiro atoms. The number of anilines is 1. The maximum absolute atomic E-state index is 5.64. The van der Waals surface area contributed by atoms with Gasteiger partial charge in [-0.2, -0.15) is 0 Å². The van der Waals surface area contributed by atoms with E-state index in [-0.39, 0.29) is 0 Å². The van der Waals surface area contributed by atoms with Crippen LogP contribution in [0, 0.1) is 0 Å². The van der Waals surface area contributed by atoms with E-state index in [2.05, 4.69) is 17.6 Å². The summed E-state index contributed by atoms with van der Waals surface area (Å²) in [7, 11) is 0. The van der Waals surface area contributed by atoms with Crippen LogP contribution in [0.3, 0.4) is 0 Å². The summed E-state index contributed by atoms with van der Waals surface area (Å²) in [6.45, 7) is 4.45. The van der Waals surface area contributed by atoms with E-state index in [4.69, 9.17) is 21.7 Å². The Morgan fingerprint density at radius 2 is 2.05 bits per heavy atom. The zero-order chi connectivity index (χ0) is 13.5. The molecule has 0 aliphatic carbocycles. The van der Waals surface area contributed by atoms with Crippen molar-refractivity contribution < 1.29 is 9.47 Å². The maximum atomic E-state index is 5.64. The van der Waals surface area contributed by atoms with Gasteiger partial charge >= 0.3 is 0 Å². The van der Waals surface area contributed by atoms with Gasteiger partial charge in [0.25, 0.3) is 0 Å². The Labute approximate surface area is 119 Å². The fraction of sp³-hybridized carbons (Fsp3) is 0.500. The highest BCUT2D eigenvalue weighted by Gasteiger charge is 2.10. The molecule has 1 aliphatic rings. The Morgan fingerprint density at radius 1 is 1.26 bits per heavy atom. The van der Waals surface area contributed by atoms with Gasteiger partial charge in [0, 0.05) is 24.7 Å². The van der Waals surface area contributed by atoms with Gasteiger partial charge in [-0.05, 0) is 30.8 Å². The monoisotopic (exact) mass is 280 g/mol. The molecule has 0 aromatic heterocycles. The minimum atomic E-state index is 0.642. The minimum absolute atomic E-state index is 0.642. The number of rotatable bonds is 4. The third-order valence-corrected chi connectivity index (χ3v) is 3.07. The molecular formula is C14H20N2O2S. The SMILES string of the molecule is CCCCNC(=S)Nc1ccc2c(c1)OCCCO2. The third-order valence-electron chi connectivity index (χ3n) is 2.82. The zero-order valence-electron chi connectivity index (χ0n) is 11.2. The molecule has 104 valence electrons. The van der Waals surface area contributed by atoms with Crippen LogP contribution in [0.25, 0.3) is 0 Å². The number of hydrogen-bond donors (Lipinski definition) is 2. The molecular weight excluding hydrogens is 260 g/mol. The molecule has 0 saturated carbocycles. The van der Waals surface area contributed by atoms with Crippen LogP contribution < -0.4 is 20.1 Å². The molecule has 0 saturated heterocycles. The van der Waals surface area contributed by atoms with Crippen molar-refractivity contribution in [2.24, 2.45) is 0 Å². The average molecular weight is 280 g/mol. The molecule has 0 atom stereocenters. The van der Waals surface area contributed by atoms with E-state index in [1.54, 1.807) is 0 Å². The second kappa shape index (κ2) is 7.19. The van der Waals surface area contributed by atoms with E-state index in [1.807, 2.05) is 18.2 Å². The molecule has 0 unspecified atom stereocenters. The molecule has 0 fully saturated rings. The Bertz CT molecular complexity index is 437. The third kappa shape index (κ3) is 4.28. The quantitative estimate of drug-likeness (QED) is 0.655. The molecule has 19 heavy (non-hydrogen) atoms. The number of ether oxygens (including phenoxy) is 2. The van der Waals surface area contributed by atoms with Gasteiger partial charge in [0.1, 0.15) is 0 Å². The second-order valence-electron chi connectivity index (χ2n) is 4.45.